The Balaban J connectivity index is 2.75. The zero-order chi connectivity index (χ0) is 14.6. The van der Waals surface area contributed by atoms with Crippen molar-refractivity contribution in [1.82, 2.24) is 4.98 Å². The lowest BCUT2D eigenvalue weighted by Gasteiger charge is -2.10. The van der Waals surface area contributed by atoms with E-state index in [9.17, 15) is 18.0 Å². The number of carboxylic acid groups (broad SMARTS) is 1. The minimum absolute atomic E-state index is 0.00814. The van der Waals surface area contributed by atoms with Crippen LogP contribution >= 0.6 is 11.8 Å². The molecular formula is C11H12F3NO3S. The molecule has 0 saturated heterocycles. The number of rotatable bonds is 5. The maximum atomic E-state index is 11.9. The summed E-state index contributed by atoms with van der Waals surface area (Å²) < 4.78 is 40.0. The van der Waals surface area contributed by atoms with Gasteiger partial charge in [-0.3, -0.25) is 0 Å². The second kappa shape index (κ2) is 6.25. The third-order valence-corrected chi connectivity index (χ3v) is 2.92. The number of hydrogen-bond acceptors (Lipinski definition) is 4. The predicted molar refractivity (Wildman–Crippen MR) is 63.4 cm³/mol. The Morgan fingerprint density at radius 1 is 1.47 bits per heavy atom. The van der Waals surface area contributed by atoms with Crippen LogP contribution in [0.2, 0.25) is 0 Å². The lowest BCUT2D eigenvalue weighted by molar-refractivity contribution is -0.168. The first kappa shape index (κ1) is 15.8. The lowest BCUT2D eigenvalue weighted by Crippen LogP contribution is -2.16. The Bertz CT molecular complexity index is 477. The first-order valence-electron chi connectivity index (χ1n) is 5.19. The highest BCUT2D eigenvalue weighted by Crippen LogP contribution is 2.25. The fraction of sp³-hybridized carbons (Fsp3) is 0.455. The van der Waals surface area contributed by atoms with E-state index >= 15 is 0 Å². The average molecular weight is 295 g/mol. The number of halogens is 3. The second-order valence-corrected chi connectivity index (χ2v) is 4.70. The molecule has 0 radical (unpaired) electrons. The number of carbonyl (C=O) groups is 1. The number of carboxylic acids is 1. The first-order valence-corrected chi connectivity index (χ1v) is 6.18. The van der Waals surface area contributed by atoms with Gasteiger partial charge in [-0.25, -0.2) is 9.78 Å². The van der Waals surface area contributed by atoms with E-state index in [1.807, 2.05) is 0 Å². The molecule has 0 aliphatic heterocycles. The van der Waals surface area contributed by atoms with Gasteiger partial charge in [-0.2, -0.15) is 13.2 Å². The highest BCUT2D eigenvalue weighted by molar-refractivity contribution is 7.99. The van der Waals surface area contributed by atoms with Gasteiger partial charge in [0.25, 0.3) is 0 Å². The van der Waals surface area contributed by atoms with Gasteiger partial charge in [0.1, 0.15) is 11.6 Å². The normalized spacial score (nSPS) is 11.6. The third kappa shape index (κ3) is 5.07. The smallest absolute Gasteiger partial charge is 0.411 e. The Morgan fingerprint density at radius 3 is 2.63 bits per heavy atom. The minimum Gasteiger partial charge on any atom is -0.478 e. The number of aromatic carboxylic acids is 1. The molecule has 0 bridgehead atoms. The molecule has 0 atom stereocenters. The molecule has 0 spiro atoms. The Hall–Kier alpha value is -1.28. The zero-order valence-electron chi connectivity index (χ0n) is 10.2. The molecule has 0 fully saturated rings. The largest absolute Gasteiger partial charge is 0.478 e. The van der Waals surface area contributed by atoms with Crippen LogP contribution in [0.1, 0.15) is 21.6 Å². The molecule has 1 aromatic rings. The van der Waals surface area contributed by atoms with E-state index in [0.29, 0.717) is 11.3 Å². The van der Waals surface area contributed by atoms with Crippen molar-refractivity contribution in [3.63, 3.8) is 0 Å². The van der Waals surface area contributed by atoms with Crippen molar-refractivity contribution in [1.29, 1.82) is 0 Å². The van der Waals surface area contributed by atoms with E-state index < -0.39 is 18.8 Å². The number of alkyl halides is 3. The highest BCUT2D eigenvalue weighted by atomic mass is 32.2. The number of aryl methyl sites for hydroxylation is 2. The van der Waals surface area contributed by atoms with Crippen molar-refractivity contribution in [2.24, 2.45) is 0 Å². The summed E-state index contributed by atoms with van der Waals surface area (Å²) in [5, 5.41) is 9.21. The summed E-state index contributed by atoms with van der Waals surface area (Å²) in [5.74, 6) is -1.47. The molecule has 0 unspecified atom stereocenters. The number of nitrogens with zero attached hydrogens (tertiary/aromatic N) is 1. The fourth-order valence-corrected chi connectivity index (χ4v) is 2.30. The SMILES string of the molecule is Cc1cc(C)c(C(=O)O)c(SCOCC(F)(F)F)n1. The molecular weight excluding hydrogens is 283 g/mol. The quantitative estimate of drug-likeness (QED) is 0.514. The molecule has 0 aliphatic rings. The van der Waals surface area contributed by atoms with Gasteiger partial charge in [0.15, 0.2) is 0 Å². The van der Waals surface area contributed by atoms with E-state index in [1.54, 1.807) is 19.9 Å². The van der Waals surface area contributed by atoms with Crippen LogP contribution < -0.4 is 0 Å². The van der Waals surface area contributed by atoms with Crippen molar-refractivity contribution in [3.05, 3.63) is 22.9 Å². The molecule has 1 heterocycles. The van der Waals surface area contributed by atoms with Gasteiger partial charge >= 0.3 is 12.1 Å². The monoisotopic (exact) mass is 295 g/mol. The molecule has 106 valence electrons. The average Bonchev–Trinajstić information content (AvgIpc) is 2.21. The van der Waals surface area contributed by atoms with E-state index in [-0.39, 0.29) is 16.5 Å². The van der Waals surface area contributed by atoms with Crippen molar-refractivity contribution in [2.75, 3.05) is 12.5 Å². The van der Waals surface area contributed by atoms with Crippen LogP contribution in [0, 0.1) is 13.8 Å². The van der Waals surface area contributed by atoms with Crippen molar-refractivity contribution >= 4 is 17.7 Å². The van der Waals surface area contributed by atoms with Gasteiger partial charge in [0.05, 0.1) is 11.5 Å². The maximum absolute atomic E-state index is 11.9. The van der Waals surface area contributed by atoms with Crippen molar-refractivity contribution in [3.8, 4) is 0 Å². The first-order chi connectivity index (χ1) is 8.70. The Labute approximate surface area is 112 Å². The number of pyridine rings is 1. The summed E-state index contributed by atoms with van der Waals surface area (Å²) in [6.07, 6.45) is -4.40. The summed E-state index contributed by atoms with van der Waals surface area (Å²) in [4.78, 5) is 15.1. The molecule has 1 aromatic heterocycles. The standard InChI is InChI=1S/C11H12F3NO3S/c1-6-3-7(2)15-9(8(6)10(16)17)19-5-18-4-11(12,13)14/h3H,4-5H2,1-2H3,(H,16,17). The summed E-state index contributed by atoms with van der Waals surface area (Å²) in [6.45, 7) is 1.92. The van der Waals surface area contributed by atoms with Gasteiger partial charge in [-0.1, -0.05) is 11.8 Å². The van der Waals surface area contributed by atoms with E-state index in [0.717, 1.165) is 11.8 Å². The highest BCUT2D eigenvalue weighted by Gasteiger charge is 2.27. The van der Waals surface area contributed by atoms with Gasteiger partial charge in [-0.05, 0) is 25.5 Å². The summed E-state index contributed by atoms with van der Waals surface area (Å²) in [5.41, 5.74) is 1.10. The Morgan fingerprint density at radius 2 is 2.11 bits per heavy atom. The fourth-order valence-electron chi connectivity index (χ4n) is 1.42. The van der Waals surface area contributed by atoms with E-state index in [2.05, 4.69) is 9.72 Å². The van der Waals surface area contributed by atoms with Gasteiger partial charge in [-0.15, -0.1) is 0 Å². The number of aromatic nitrogens is 1. The van der Waals surface area contributed by atoms with Crippen molar-refractivity contribution in [2.45, 2.75) is 25.0 Å². The van der Waals surface area contributed by atoms with Crippen LogP contribution in [0.25, 0.3) is 0 Å². The molecule has 4 nitrogen and oxygen atoms in total. The van der Waals surface area contributed by atoms with Crippen LogP contribution in [-0.4, -0.2) is 34.8 Å². The van der Waals surface area contributed by atoms with Gasteiger partial charge in [0, 0.05) is 5.69 Å². The third-order valence-electron chi connectivity index (χ3n) is 2.07. The summed E-state index contributed by atoms with van der Waals surface area (Å²) >= 11 is 0.830. The second-order valence-electron chi connectivity index (χ2n) is 3.79. The molecule has 0 amide bonds. The number of thioether (sulfide) groups is 1. The van der Waals surface area contributed by atoms with Crippen LogP contribution in [0.4, 0.5) is 13.2 Å². The molecule has 0 saturated carbocycles. The van der Waals surface area contributed by atoms with Crippen LogP contribution in [0.3, 0.4) is 0 Å². The van der Waals surface area contributed by atoms with Crippen molar-refractivity contribution < 1.29 is 27.8 Å². The molecule has 8 heteroatoms. The van der Waals surface area contributed by atoms with Gasteiger partial charge in [0.2, 0.25) is 0 Å². The maximum Gasteiger partial charge on any atom is 0.411 e. The van der Waals surface area contributed by atoms with Crippen LogP contribution in [-0.2, 0) is 4.74 Å². The van der Waals surface area contributed by atoms with Crippen LogP contribution in [0.15, 0.2) is 11.1 Å². The molecule has 0 aliphatic carbocycles. The Kier molecular flexibility index (Phi) is 5.19. The molecule has 19 heavy (non-hydrogen) atoms. The molecule has 0 aromatic carbocycles. The number of hydrogen-bond donors (Lipinski definition) is 1. The summed E-state index contributed by atoms with van der Waals surface area (Å²) in [7, 11) is 0. The lowest BCUT2D eigenvalue weighted by atomic mass is 10.1. The van der Waals surface area contributed by atoms with E-state index in [4.69, 9.17) is 5.11 Å². The van der Waals surface area contributed by atoms with E-state index in [1.165, 1.54) is 0 Å². The minimum atomic E-state index is -4.40. The topological polar surface area (TPSA) is 59.4 Å². The number of ether oxygens (including phenoxy) is 1. The molecule has 1 N–H and O–H groups in total. The summed E-state index contributed by atoms with van der Waals surface area (Å²) in [6, 6.07) is 1.60. The van der Waals surface area contributed by atoms with Crippen LogP contribution in [0.5, 0.6) is 0 Å². The predicted octanol–water partition coefficient (Wildman–Crippen LogP) is 3.03. The zero-order valence-corrected chi connectivity index (χ0v) is 11.1. The van der Waals surface area contributed by atoms with Gasteiger partial charge < -0.3 is 9.84 Å². The molecule has 1 rings (SSSR count).